The van der Waals surface area contributed by atoms with Gasteiger partial charge in [0.1, 0.15) is 0 Å². The van der Waals surface area contributed by atoms with Crippen LogP contribution in [0.2, 0.25) is 0 Å². The highest BCUT2D eigenvalue weighted by atomic mass is 14.5. The Morgan fingerprint density at radius 3 is 2.33 bits per heavy atom. The number of nitrogens with two attached hydrogens (primary N) is 1. The lowest BCUT2D eigenvalue weighted by Gasteiger charge is -2.37. The monoisotopic (exact) mass is 209 g/mol. The highest BCUT2D eigenvalue weighted by molar-refractivity contribution is 4.85. The molecule has 1 nitrogen and oxygen atoms in total. The van der Waals surface area contributed by atoms with E-state index < -0.39 is 0 Å². The number of hydrogen-bond donors (Lipinski definition) is 1. The quantitative estimate of drug-likeness (QED) is 0.736. The Labute approximate surface area is 94.8 Å². The molecule has 0 amide bonds. The first-order valence-electron chi connectivity index (χ1n) is 7.03. The van der Waals surface area contributed by atoms with Gasteiger partial charge in [0, 0.05) is 0 Å². The molecule has 0 bridgehead atoms. The molecule has 2 aliphatic carbocycles. The van der Waals surface area contributed by atoms with E-state index in [1.165, 1.54) is 44.9 Å². The summed E-state index contributed by atoms with van der Waals surface area (Å²) >= 11 is 0. The topological polar surface area (TPSA) is 26.0 Å². The van der Waals surface area contributed by atoms with Crippen molar-refractivity contribution >= 4 is 0 Å². The van der Waals surface area contributed by atoms with Crippen LogP contribution in [-0.2, 0) is 0 Å². The second-order valence-electron chi connectivity index (χ2n) is 5.86. The van der Waals surface area contributed by atoms with Gasteiger partial charge in [-0.3, -0.25) is 0 Å². The summed E-state index contributed by atoms with van der Waals surface area (Å²) in [7, 11) is 0. The third-order valence-electron chi connectivity index (χ3n) is 4.96. The van der Waals surface area contributed by atoms with Gasteiger partial charge >= 0.3 is 0 Å². The number of rotatable bonds is 5. The van der Waals surface area contributed by atoms with E-state index in [1.807, 2.05) is 0 Å². The molecule has 2 saturated carbocycles. The van der Waals surface area contributed by atoms with Crippen LogP contribution < -0.4 is 5.73 Å². The Hall–Kier alpha value is -0.0400. The highest BCUT2D eigenvalue weighted by Crippen LogP contribution is 2.45. The summed E-state index contributed by atoms with van der Waals surface area (Å²) in [5.74, 6) is 4.20. The predicted octanol–water partition coefficient (Wildman–Crippen LogP) is 3.58. The smallest absolute Gasteiger partial charge is 0.00746 e. The second kappa shape index (κ2) is 5.34. The molecular formula is C14H27N. The summed E-state index contributed by atoms with van der Waals surface area (Å²) in [5.41, 5.74) is 5.64. The van der Waals surface area contributed by atoms with Crippen molar-refractivity contribution in [1.82, 2.24) is 0 Å². The third-order valence-corrected chi connectivity index (χ3v) is 4.96. The zero-order chi connectivity index (χ0) is 10.7. The van der Waals surface area contributed by atoms with Gasteiger partial charge < -0.3 is 5.73 Å². The molecule has 2 N–H and O–H groups in total. The van der Waals surface area contributed by atoms with Crippen LogP contribution in [0, 0.1) is 23.7 Å². The maximum absolute atomic E-state index is 5.64. The van der Waals surface area contributed by atoms with Crippen LogP contribution in [0.25, 0.3) is 0 Å². The summed E-state index contributed by atoms with van der Waals surface area (Å²) in [4.78, 5) is 0. The normalized spacial score (nSPS) is 40.4. The summed E-state index contributed by atoms with van der Waals surface area (Å²) in [5, 5.41) is 0. The minimum Gasteiger partial charge on any atom is -0.330 e. The Morgan fingerprint density at radius 1 is 1.00 bits per heavy atom. The maximum Gasteiger partial charge on any atom is -0.00746 e. The number of hydrogen-bond acceptors (Lipinski definition) is 1. The minimum atomic E-state index is 0.901. The molecule has 0 aromatic heterocycles. The highest BCUT2D eigenvalue weighted by Gasteiger charge is 2.33. The van der Waals surface area contributed by atoms with E-state index in [0.29, 0.717) is 0 Å². The molecule has 4 unspecified atom stereocenters. The van der Waals surface area contributed by atoms with Crippen molar-refractivity contribution < 1.29 is 0 Å². The molecule has 0 radical (unpaired) electrons. The van der Waals surface area contributed by atoms with Crippen LogP contribution in [0.5, 0.6) is 0 Å². The largest absolute Gasteiger partial charge is 0.330 e. The maximum atomic E-state index is 5.64. The second-order valence-corrected chi connectivity index (χ2v) is 5.86. The van der Waals surface area contributed by atoms with Crippen molar-refractivity contribution in [2.45, 2.75) is 58.3 Å². The Morgan fingerprint density at radius 2 is 1.73 bits per heavy atom. The molecule has 0 aromatic carbocycles. The van der Waals surface area contributed by atoms with Gasteiger partial charge in [-0.25, -0.2) is 0 Å². The van der Waals surface area contributed by atoms with Crippen molar-refractivity contribution in [1.29, 1.82) is 0 Å². The molecule has 4 atom stereocenters. The van der Waals surface area contributed by atoms with E-state index in [-0.39, 0.29) is 0 Å². The van der Waals surface area contributed by atoms with E-state index in [0.717, 1.165) is 30.2 Å². The van der Waals surface area contributed by atoms with Crippen molar-refractivity contribution in [3.8, 4) is 0 Å². The lowest BCUT2D eigenvalue weighted by Crippen LogP contribution is -2.27. The average molecular weight is 209 g/mol. The molecule has 2 rings (SSSR count). The van der Waals surface area contributed by atoms with Crippen LogP contribution in [0.1, 0.15) is 58.3 Å². The van der Waals surface area contributed by atoms with Gasteiger partial charge in [-0.05, 0) is 62.3 Å². The van der Waals surface area contributed by atoms with Crippen LogP contribution in [0.15, 0.2) is 0 Å². The Kier molecular flexibility index (Phi) is 4.07. The summed E-state index contributed by atoms with van der Waals surface area (Å²) in [6.45, 7) is 3.26. The molecule has 0 aliphatic heterocycles. The van der Waals surface area contributed by atoms with Gasteiger partial charge in [-0.2, -0.15) is 0 Å². The fraction of sp³-hybridized carbons (Fsp3) is 1.00. The van der Waals surface area contributed by atoms with Gasteiger partial charge in [-0.15, -0.1) is 0 Å². The van der Waals surface area contributed by atoms with Gasteiger partial charge in [-0.1, -0.05) is 26.2 Å². The molecular weight excluding hydrogens is 182 g/mol. The molecule has 0 aromatic rings. The van der Waals surface area contributed by atoms with Gasteiger partial charge in [0.05, 0.1) is 0 Å². The molecule has 2 fully saturated rings. The first kappa shape index (κ1) is 11.4. The molecule has 88 valence electrons. The van der Waals surface area contributed by atoms with Crippen molar-refractivity contribution in [2.24, 2.45) is 29.4 Å². The Balaban J connectivity index is 1.68. The van der Waals surface area contributed by atoms with E-state index in [1.54, 1.807) is 6.42 Å². The minimum absolute atomic E-state index is 0.901. The SMILES string of the molecule is CCC1CCC1CC1CCC(CCN)C1. The molecule has 0 saturated heterocycles. The third kappa shape index (κ3) is 2.75. The van der Waals surface area contributed by atoms with Crippen molar-refractivity contribution in [2.75, 3.05) is 6.54 Å². The van der Waals surface area contributed by atoms with Crippen LogP contribution in [0.4, 0.5) is 0 Å². The first-order valence-corrected chi connectivity index (χ1v) is 7.03. The van der Waals surface area contributed by atoms with E-state index in [2.05, 4.69) is 6.92 Å². The lowest BCUT2D eigenvalue weighted by molar-refractivity contribution is 0.135. The van der Waals surface area contributed by atoms with Crippen molar-refractivity contribution in [3.05, 3.63) is 0 Å². The van der Waals surface area contributed by atoms with Gasteiger partial charge in [0.2, 0.25) is 0 Å². The van der Waals surface area contributed by atoms with Crippen LogP contribution in [-0.4, -0.2) is 6.54 Å². The van der Waals surface area contributed by atoms with Gasteiger partial charge in [0.15, 0.2) is 0 Å². The summed E-state index contributed by atoms with van der Waals surface area (Å²) < 4.78 is 0. The molecule has 0 spiro atoms. The van der Waals surface area contributed by atoms with Gasteiger partial charge in [0.25, 0.3) is 0 Å². The molecule has 15 heavy (non-hydrogen) atoms. The van der Waals surface area contributed by atoms with E-state index in [4.69, 9.17) is 5.73 Å². The van der Waals surface area contributed by atoms with Crippen LogP contribution >= 0.6 is 0 Å². The van der Waals surface area contributed by atoms with E-state index >= 15 is 0 Å². The zero-order valence-electron chi connectivity index (χ0n) is 10.3. The van der Waals surface area contributed by atoms with Crippen LogP contribution in [0.3, 0.4) is 0 Å². The fourth-order valence-electron chi connectivity index (χ4n) is 3.80. The fourth-order valence-corrected chi connectivity index (χ4v) is 3.80. The summed E-state index contributed by atoms with van der Waals surface area (Å²) in [6.07, 6.45) is 11.7. The lowest BCUT2D eigenvalue weighted by atomic mass is 9.68. The van der Waals surface area contributed by atoms with Crippen molar-refractivity contribution in [3.63, 3.8) is 0 Å². The van der Waals surface area contributed by atoms with E-state index in [9.17, 15) is 0 Å². The molecule has 1 heteroatoms. The molecule has 2 aliphatic rings. The average Bonchev–Trinajstić information content (AvgIpc) is 2.62. The Bertz CT molecular complexity index is 188. The molecule has 0 heterocycles. The standard InChI is InChI=1S/C14H27N/c1-2-13-5-6-14(13)10-12-4-3-11(9-12)7-8-15/h11-14H,2-10,15H2,1H3. The zero-order valence-corrected chi connectivity index (χ0v) is 10.3. The predicted molar refractivity (Wildman–Crippen MR) is 65.6 cm³/mol. The first-order chi connectivity index (χ1) is 7.33. The summed E-state index contributed by atoms with van der Waals surface area (Å²) in [6, 6.07) is 0.